The first-order valence-corrected chi connectivity index (χ1v) is 6.98. The van der Waals surface area contributed by atoms with Gasteiger partial charge in [-0.15, -0.1) is 0 Å². The van der Waals surface area contributed by atoms with Crippen molar-refractivity contribution in [2.24, 2.45) is 10.8 Å². The van der Waals surface area contributed by atoms with Gasteiger partial charge in [-0.2, -0.15) is 5.10 Å². The molecule has 0 radical (unpaired) electrons. The van der Waals surface area contributed by atoms with Gasteiger partial charge in [0.25, 0.3) is 0 Å². The predicted octanol–water partition coefficient (Wildman–Crippen LogP) is 2.79. The lowest BCUT2D eigenvalue weighted by molar-refractivity contribution is 0.249. The number of ether oxygens (including phenoxy) is 2. The second kappa shape index (κ2) is 7.91. The van der Waals surface area contributed by atoms with Crippen molar-refractivity contribution >= 4 is 44.1 Å². The Morgan fingerprint density at radius 3 is 2.80 bits per heavy atom. The van der Waals surface area contributed by atoms with Crippen molar-refractivity contribution in [3.63, 3.8) is 0 Å². The lowest BCUT2D eigenvalue weighted by Gasteiger charge is -2.14. The van der Waals surface area contributed by atoms with Crippen LogP contribution >= 0.6 is 31.9 Å². The maximum Gasteiger partial charge on any atom is 0.332 e. The first kappa shape index (κ1) is 16.5. The van der Waals surface area contributed by atoms with Crippen LogP contribution in [0, 0.1) is 0 Å². The van der Waals surface area contributed by atoms with E-state index in [9.17, 15) is 4.79 Å². The molecule has 0 spiro atoms. The van der Waals surface area contributed by atoms with E-state index in [1.165, 1.54) is 13.3 Å². The number of amides is 2. The van der Waals surface area contributed by atoms with Crippen molar-refractivity contribution in [3.8, 4) is 11.5 Å². The Kier molecular flexibility index (Phi) is 6.53. The van der Waals surface area contributed by atoms with Crippen LogP contribution in [0.5, 0.6) is 11.5 Å². The molecule has 6 nitrogen and oxygen atoms in total. The topological polar surface area (TPSA) is 85.9 Å². The number of methoxy groups -OCH3 is 1. The zero-order valence-corrected chi connectivity index (χ0v) is 13.8. The van der Waals surface area contributed by atoms with Gasteiger partial charge < -0.3 is 15.2 Å². The minimum atomic E-state index is -0.741. The second-order valence-corrected chi connectivity index (χ2v) is 5.05. The van der Waals surface area contributed by atoms with Crippen molar-refractivity contribution in [1.82, 2.24) is 5.43 Å². The van der Waals surface area contributed by atoms with Gasteiger partial charge in [-0.1, -0.05) is 12.7 Å². The lowest BCUT2D eigenvalue weighted by atomic mass is 10.2. The Morgan fingerprint density at radius 1 is 1.55 bits per heavy atom. The second-order valence-electron chi connectivity index (χ2n) is 3.46. The SMILES string of the molecule is C=CCOc1c(OC)cc(C=NNC(N)=O)c(Br)c1Br. The molecule has 0 aliphatic carbocycles. The van der Waals surface area contributed by atoms with Gasteiger partial charge in [-0.25, -0.2) is 10.2 Å². The van der Waals surface area contributed by atoms with E-state index in [1.807, 2.05) is 0 Å². The van der Waals surface area contributed by atoms with Crippen LogP contribution < -0.4 is 20.6 Å². The van der Waals surface area contributed by atoms with Crippen molar-refractivity contribution in [1.29, 1.82) is 0 Å². The molecule has 0 aromatic heterocycles. The minimum absolute atomic E-state index is 0.345. The molecule has 0 saturated heterocycles. The molecule has 0 aliphatic rings. The molecule has 0 aliphatic heterocycles. The van der Waals surface area contributed by atoms with Crippen LogP contribution in [0.1, 0.15) is 5.56 Å². The van der Waals surface area contributed by atoms with Crippen LogP contribution in [0.15, 0.2) is 32.8 Å². The van der Waals surface area contributed by atoms with Crippen LogP contribution in [0.3, 0.4) is 0 Å². The van der Waals surface area contributed by atoms with Gasteiger partial charge in [0.2, 0.25) is 0 Å². The van der Waals surface area contributed by atoms with Gasteiger partial charge in [0.15, 0.2) is 11.5 Å². The quantitative estimate of drug-likeness (QED) is 0.432. The highest BCUT2D eigenvalue weighted by atomic mass is 79.9. The number of nitrogens with two attached hydrogens (primary N) is 1. The molecule has 1 rings (SSSR count). The summed E-state index contributed by atoms with van der Waals surface area (Å²) in [5.74, 6) is 1.06. The Bertz CT molecular complexity index is 547. The van der Waals surface area contributed by atoms with E-state index >= 15 is 0 Å². The number of carbonyl (C=O) groups is 1. The fourth-order valence-corrected chi connectivity index (χ4v) is 2.23. The standard InChI is InChI=1S/C12H13Br2N3O3/c1-3-4-20-11-8(19-2)5-7(9(13)10(11)14)6-16-17-12(15)18/h3,5-6H,1,4H2,2H3,(H3,15,17,18). The Labute approximate surface area is 133 Å². The number of hydrogen-bond acceptors (Lipinski definition) is 4. The summed E-state index contributed by atoms with van der Waals surface area (Å²) < 4.78 is 12.2. The highest BCUT2D eigenvalue weighted by molar-refractivity contribution is 9.13. The molecular formula is C12H13Br2N3O3. The van der Waals surface area contributed by atoms with Crippen molar-refractivity contribution in [2.45, 2.75) is 0 Å². The normalized spacial score (nSPS) is 10.3. The first-order valence-electron chi connectivity index (χ1n) is 5.39. The molecule has 20 heavy (non-hydrogen) atoms. The number of hydrazone groups is 1. The van der Waals surface area contributed by atoms with E-state index in [4.69, 9.17) is 15.2 Å². The zero-order chi connectivity index (χ0) is 15.1. The predicted molar refractivity (Wildman–Crippen MR) is 84.4 cm³/mol. The average Bonchev–Trinajstić information content (AvgIpc) is 2.42. The molecule has 0 atom stereocenters. The highest BCUT2D eigenvalue weighted by Crippen LogP contribution is 2.42. The number of urea groups is 1. The third kappa shape index (κ3) is 4.24. The number of hydrogen-bond donors (Lipinski definition) is 2. The number of nitrogens with one attached hydrogen (secondary N) is 1. The molecule has 0 heterocycles. The van der Waals surface area contributed by atoms with Crippen molar-refractivity contribution in [2.75, 3.05) is 13.7 Å². The van der Waals surface area contributed by atoms with Gasteiger partial charge in [-0.05, 0) is 37.9 Å². The number of benzene rings is 1. The summed E-state index contributed by atoms with van der Waals surface area (Å²) in [7, 11) is 1.53. The van der Waals surface area contributed by atoms with E-state index in [-0.39, 0.29) is 0 Å². The average molecular weight is 407 g/mol. The Balaban J connectivity index is 3.15. The number of carbonyl (C=O) groups excluding carboxylic acids is 1. The monoisotopic (exact) mass is 405 g/mol. The maximum atomic E-state index is 10.6. The van der Waals surface area contributed by atoms with Crippen LogP contribution in [0.25, 0.3) is 0 Å². The fourth-order valence-electron chi connectivity index (χ4n) is 1.29. The smallest absolute Gasteiger partial charge is 0.332 e. The number of primary amides is 1. The summed E-state index contributed by atoms with van der Waals surface area (Å²) in [6.07, 6.45) is 3.06. The van der Waals surface area contributed by atoms with Gasteiger partial charge in [0, 0.05) is 10.0 Å². The van der Waals surface area contributed by atoms with Crippen LogP contribution in [0.4, 0.5) is 4.79 Å². The molecular weight excluding hydrogens is 394 g/mol. The molecule has 1 aromatic rings. The van der Waals surface area contributed by atoms with Crippen molar-refractivity contribution < 1.29 is 14.3 Å². The summed E-state index contributed by atoms with van der Waals surface area (Å²) >= 11 is 6.82. The van der Waals surface area contributed by atoms with E-state index in [0.29, 0.717) is 32.6 Å². The summed E-state index contributed by atoms with van der Waals surface area (Å²) in [5, 5.41) is 3.70. The molecule has 8 heteroatoms. The Morgan fingerprint density at radius 2 is 2.25 bits per heavy atom. The molecule has 0 bridgehead atoms. The van der Waals surface area contributed by atoms with E-state index in [1.54, 1.807) is 12.1 Å². The number of rotatable bonds is 6. The third-order valence-corrected chi connectivity index (χ3v) is 4.24. The Hall–Kier alpha value is -1.54. The fraction of sp³-hybridized carbons (Fsp3) is 0.167. The van der Waals surface area contributed by atoms with Gasteiger partial charge in [0.1, 0.15) is 6.61 Å². The summed E-state index contributed by atoms with van der Waals surface area (Å²) in [6, 6.07) is 0.966. The van der Waals surface area contributed by atoms with Gasteiger partial charge in [-0.3, -0.25) is 0 Å². The number of halogens is 2. The summed E-state index contributed by atoms with van der Waals surface area (Å²) in [4.78, 5) is 10.6. The summed E-state index contributed by atoms with van der Waals surface area (Å²) in [5.41, 5.74) is 7.71. The molecule has 0 saturated carbocycles. The van der Waals surface area contributed by atoms with E-state index in [2.05, 4.69) is 49.0 Å². The molecule has 1 aromatic carbocycles. The summed E-state index contributed by atoms with van der Waals surface area (Å²) in [6.45, 7) is 3.94. The van der Waals surface area contributed by atoms with E-state index in [0.717, 1.165) is 0 Å². The molecule has 2 amide bonds. The molecule has 108 valence electrons. The van der Waals surface area contributed by atoms with Gasteiger partial charge >= 0.3 is 6.03 Å². The van der Waals surface area contributed by atoms with Crippen LogP contribution in [-0.4, -0.2) is 26.0 Å². The number of nitrogens with zero attached hydrogens (tertiary/aromatic N) is 1. The lowest BCUT2D eigenvalue weighted by Crippen LogP contribution is -2.24. The van der Waals surface area contributed by atoms with Crippen LogP contribution in [-0.2, 0) is 0 Å². The largest absolute Gasteiger partial charge is 0.493 e. The minimum Gasteiger partial charge on any atom is -0.493 e. The van der Waals surface area contributed by atoms with Gasteiger partial charge in [0.05, 0.1) is 17.8 Å². The molecule has 3 N–H and O–H groups in total. The first-order chi connectivity index (χ1) is 9.51. The van der Waals surface area contributed by atoms with Crippen molar-refractivity contribution in [3.05, 3.63) is 33.2 Å². The maximum absolute atomic E-state index is 10.6. The molecule has 0 unspecified atom stereocenters. The van der Waals surface area contributed by atoms with E-state index < -0.39 is 6.03 Å². The zero-order valence-electron chi connectivity index (χ0n) is 10.7. The third-order valence-electron chi connectivity index (χ3n) is 2.10. The molecule has 0 fully saturated rings. The highest BCUT2D eigenvalue weighted by Gasteiger charge is 2.16. The van der Waals surface area contributed by atoms with Crippen LogP contribution in [0.2, 0.25) is 0 Å².